The molecule has 112 valence electrons. The van der Waals surface area contributed by atoms with Gasteiger partial charge in [-0.3, -0.25) is 4.68 Å². The van der Waals surface area contributed by atoms with Gasteiger partial charge in [-0.15, -0.1) is 0 Å². The van der Waals surface area contributed by atoms with Crippen LogP contribution in [0, 0.1) is 6.92 Å². The van der Waals surface area contributed by atoms with Crippen molar-refractivity contribution in [1.29, 1.82) is 0 Å². The molecule has 1 heterocycles. The Hall–Kier alpha value is -2.34. The maximum absolute atomic E-state index is 11.8. The summed E-state index contributed by atoms with van der Waals surface area (Å²) >= 11 is 0. The number of carbonyl (C=O) groups is 1. The highest BCUT2D eigenvalue weighted by Gasteiger charge is 2.14. The van der Waals surface area contributed by atoms with Gasteiger partial charge in [-0.25, -0.2) is 4.79 Å². The van der Waals surface area contributed by atoms with Crippen molar-refractivity contribution in [2.45, 2.75) is 13.5 Å². The van der Waals surface area contributed by atoms with E-state index in [4.69, 9.17) is 15.2 Å². The first-order valence-electron chi connectivity index (χ1n) is 6.57. The van der Waals surface area contributed by atoms with Crippen LogP contribution in [-0.2, 0) is 16.0 Å². The Morgan fingerprint density at radius 1 is 1.33 bits per heavy atom. The fourth-order valence-electron chi connectivity index (χ4n) is 2.05. The smallest absolute Gasteiger partial charge is 0.338 e. The van der Waals surface area contributed by atoms with E-state index in [-0.39, 0.29) is 0 Å². The van der Waals surface area contributed by atoms with Crippen molar-refractivity contribution in [1.82, 2.24) is 9.78 Å². The van der Waals surface area contributed by atoms with E-state index in [1.807, 2.05) is 12.3 Å². The number of rotatable bonds is 5. The lowest BCUT2D eigenvalue weighted by Gasteiger charge is -2.09. The van der Waals surface area contributed by atoms with Crippen LogP contribution in [0.4, 0.5) is 5.69 Å². The van der Waals surface area contributed by atoms with Crippen LogP contribution in [0.5, 0.6) is 0 Å². The van der Waals surface area contributed by atoms with Gasteiger partial charge in [-0.05, 0) is 30.2 Å². The number of nitrogens with two attached hydrogens (primary N) is 1. The molecule has 1 aromatic heterocycles. The lowest BCUT2D eigenvalue weighted by molar-refractivity contribution is 0.0600. The van der Waals surface area contributed by atoms with Crippen molar-refractivity contribution < 1.29 is 14.3 Å². The largest absolute Gasteiger partial charge is 0.465 e. The third-order valence-corrected chi connectivity index (χ3v) is 3.34. The molecule has 6 nitrogen and oxygen atoms in total. The first-order chi connectivity index (χ1) is 10.1. The average Bonchev–Trinajstić information content (AvgIpc) is 2.95. The van der Waals surface area contributed by atoms with E-state index in [9.17, 15) is 4.79 Å². The third kappa shape index (κ3) is 3.22. The lowest BCUT2D eigenvalue weighted by atomic mass is 10.00. The zero-order valence-electron chi connectivity index (χ0n) is 12.4. The van der Waals surface area contributed by atoms with E-state index in [1.54, 1.807) is 31.0 Å². The van der Waals surface area contributed by atoms with Crippen LogP contribution in [0.2, 0.25) is 0 Å². The highest BCUT2D eigenvalue weighted by molar-refractivity contribution is 5.94. The van der Waals surface area contributed by atoms with Crippen molar-refractivity contribution in [3.63, 3.8) is 0 Å². The Kier molecular flexibility index (Phi) is 4.59. The van der Waals surface area contributed by atoms with Crippen molar-refractivity contribution in [2.24, 2.45) is 0 Å². The monoisotopic (exact) mass is 289 g/mol. The highest BCUT2D eigenvalue weighted by Crippen LogP contribution is 2.27. The van der Waals surface area contributed by atoms with E-state index in [0.29, 0.717) is 24.4 Å². The minimum absolute atomic E-state index is 0.396. The summed E-state index contributed by atoms with van der Waals surface area (Å²) in [6.45, 7) is 3.06. The van der Waals surface area contributed by atoms with Gasteiger partial charge in [-0.2, -0.15) is 5.10 Å². The number of hydrogen-bond donors (Lipinski definition) is 1. The predicted molar refractivity (Wildman–Crippen MR) is 80.0 cm³/mol. The molecule has 6 heteroatoms. The summed E-state index contributed by atoms with van der Waals surface area (Å²) < 4.78 is 11.6. The molecular formula is C15H19N3O3. The Bertz CT molecular complexity index is 650. The molecule has 2 aromatic rings. The minimum atomic E-state index is -0.396. The van der Waals surface area contributed by atoms with E-state index >= 15 is 0 Å². The number of benzene rings is 1. The van der Waals surface area contributed by atoms with Gasteiger partial charge in [0, 0.05) is 24.6 Å². The molecule has 0 unspecified atom stereocenters. The first-order valence-corrected chi connectivity index (χ1v) is 6.57. The van der Waals surface area contributed by atoms with E-state index < -0.39 is 5.97 Å². The molecule has 1 aromatic carbocycles. The van der Waals surface area contributed by atoms with Crippen molar-refractivity contribution in [3.8, 4) is 11.1 Å². The van der Waals surface area contributed by atoms with Crippen molar-refractivity contribution in [2.75, 3.05) is 26.6 Å². The molecule has 0 aliphatic carbocycles. The van der Waals surface area contributed by atoms with Crippen LogP contribution >= 0.6 is 0 Å². The number of ether oxygens (including phenoxy) is 2. The van der Waals surface area contributed by atoms with Gasteiger partial charge < -0.3 is 15.2 Å². The van der Waals surface area contributed by atoms with E-state index in [1.165, 1.54) is 7.11 Å². The molecule has 0 bridgehead atoms. The molecule has 0 aliphatic heterocycles. The molecule has 21 heavy (non-hydrogen) atoms. The van der Waals surface area contributed by atoms with Crippen LogP contribution in [0.1, 0.15) is 15.9 Å². The van der Waals surface area contributed by atoms with Gasteiger partial charge in [-0.1, -0.05) is 0 Å². The van der Waals surface area contributed by atoms with Crippen molar-refractivity contribution >= 4 is 11.7 Å². The summed E-state index contributed by atoms with van der Waals surface area (Å²) in [7, 11) is 3.00. The lowest BCUT2D eigenvalue weighted by Crippen LogP contribution is -2.06. The molecule has 0 fully saturated rings. The minimum Gasteiger partial charge on any atom is -0.465 e. The summed E-state index contributed by atoms with van der Waals surface area (Å²) in [5, 5.41) is 4.26. The topological polar surface area (TPSA) is 79.4 Å². The molecule has 2 N–H and O–H groups in total. The maximum atomic E-state index is 11.8. The Labute approximate surface area is 123 Å². The molecule has 0 aliphatic rings. The number of methoxy groups -OCH3 is 2. The molecule has 0 saturated heterocycles. The zero-order chi connectivity index (χ0) is 15.4. The second kappa shape index (κ2) is 6.41. The van der Waals surface area contributed by atoms with Crippen LogP contribution in [-0.4, -0.2) is 36.6 Å². The van der Waals surface area contributed by atoms with Crippen LogP contribution in [0.15, 0.2) is 24.5 Å². The van der Waals surface area contributed by atoms with Gasteiger partial charge in [0.15, 0.2) is 0 Å². The molecule has 0 atom stereocenters. The zero-order valence-corrected chi connectivity index (χ0v) is 12.4. The number of carbonyl (C=O) groups excluding carboxylic acids is 1. The van der Waals surface area contributed by atoms with Crippen LogP contribution in [0.3, 0.4) is 0 Å². The quantitative estimate of drug-likeness (QED) is 0.671. The summed E-state index contributed by atoms with van der Waals surface area (Å²) in [6.07, 6.45) is 3.63. The molecule has 2 rings (SSSR count). The average molecular weight is 289 g/mol. The maximum Gasteiger partial charge on any atom is 0.338 e. The Morgan fingerprint density at radius 2 is 2.10 bits per heavy atom. The third-order valence-electron chi connectivity index (χ3n) is 3.34. The molecule has 0 saturated carbocycles. The van der Waals surface area contributed by atoms with E-state index in [2.05, 4.69) is 5.10 Å². The summed E-state index contributed by atoms with van der Waals surface area (Å²) in [6, 6.07) is 3.61. The summed E-state index contributed by atoms with van der Waals surface area (Å²) in [4.78, 5) is 11.8. The fraction of sp³-hybridized carbons (Fsp3) is 0.333. The van der Waals surface area contributed by atoms with E-state index in [0.717, 1.165) is 16.7 Å². The molecular weight excluding hydrogens is 270 g/mol. The number of esters is 1. The van der Waals surface area contributed by atoms with Crippen LogP contribution in [0.25, 0.3) is 11.1 Å². The Balaban J connectivity index is 2.37. The van der Waals surface area contributed by atoms with Crippen LogP contribution < -0.4 is 5.73 Å². The normalized spacial score (nSPS) is 10.6. The number of aromatic nitrogens is 2. The summed E-state index contributed by atoms with van der Waals surface area (Å²) in [5.74, 6) is -0.396. The van der Waals surface area contributed by atoms with Gasteiger partial charge in [0.05, 0.1) is 32.0 Å². The van der Waals surface area contributed by atoms with Gasteiger partial charge >= 0.3 is 5.97 Å². The van der Waals surface area contributed by atoms with Gasteiger partial charge in [0.1, 0.15) is 0 Å². The number of hydrogen-bond acceptors (Lipinski definition) is 5. The standard InChI is InChI=1S/C15H19N3O3/c1-10-13(15(19)21-3)6-11(7-14(10)16)12-8-17-18(9-12)4-5-20-2/h6-9H,4-5,16H2,1-3H3. The number of nitrogen functional groups attached to an aromatic ring is 1. The number of nitrogens with zero attached hydrogens (tertiary/aromatic N) is 2. The molecule has 0 amide bonds. The summed E-state index contributed by atoms with van der Waals surface area (Å²) in [5.41, 5.74) is 9.45. The SMILES string of the molecule is COCCn1cc(-c2cc(N)c(C)c(C(=O)OC)c2)cn1. The first kappa shape index (κ1) is 15.1. The molecule has 0 radical (unpaired) electrons. The van der Waals surface area contributed by atoms with Gasteiger partial charge in [0.25, 0.3) is 0 Å². The predicted octanol–water partition coefficient (Wildman–Crippen LogP) is 1.87. The second-order valence-corrected chi connectivity index (χ2v) is 4.71. The fourth-order valence-corrected chi connectivity index (χ4v) is 2.05. The van der Waals surface area contributed by atoms with Gasteiger partial charge in [0.2, 0.25) is 0 Å². The number of anilines is 1. The highest BCUT2D eigenvalue weighted by atomic mass is 16.5. The molecule has 0 spiro atoms. The Morgan fingerprint density at radius 3 is 2.76 bits per heavy atom. The van der Waals surface area contributed by atoms with Crippen molar-refractivity contribution in [3.05, 3.63) is 35.7 Å². The second-order valence-electron chi connectivity index (χ2n) is 4.71.